The van der Waals surface area contributed by atoms with Crippen LogP contribution in [-0.4, -0.2) is 9.91 Å². The lowest BCUT2D eigenvalue weighted by Crippen LogP contribution is -2.01. The Morgan fingerprint density at radius 2 is 2.19 bits per heavy atom. The molecule has 2 aromatic heterocycles. The first kappa shape index (κ1) is 14.2. The number of nitrogens with one attached hydrogen (secondary N) is 1. The maximum absolute atomic E-state index is 11.2. The van der Waals surface area contributed by atoms with Crippen molar-refractivity contribution in [2.75, 3.05) is 5.32 Å². The molecule has 8 heteroatoms. The Hall–Kier alpha value is -1.70. The summed E-state index contributed by atoms with van der Waals surface area (Å²) in [5.74, 6) is 0. The van der Waals surface area contributed by atoms with Gasteiger partial charge in [0.05, 0.1) is 24.5 Å². The van der Waals surface area contributed by atoms with Gasteiger partial charge in [-0.15, -0.1) is 22.7 Å². The molecular formula is C13H10ClN3O2S2. The monoisotopic (exact) mass is 339 g/mol. The SMILES string of the molecule is Cc1nc2cc(NCc3ccc(Cl)s3)c([N+](=O)[O-])cc2s1. The number of anilines is 1. The Morgan fingerprint density at radius 3 is 2.86 bits per heavy atom. The van der Waals surface area contributed by atoms with E-state index in [1.807, 2.05) is 19.1 Å². The number of rotatable bonds is 4. The Morgan fingerprint density at radius 1 is 1.38 bits per heavy atom. The topological polar surface area (TPSA) is 68.1 Å². The molecule has 0 amide bonds. The van der Waals surface area contributed by atoms with Crippen LogP contribution in [0.25, 0.3) is 10.2 Å². The molecule has 0 aliphatic carbocycles. The van der Waals surface area contributed by atoms with Gasteiger partial charge in [-0.05, 0) is 25.1 Å². The van der Waals surface area contributed by atoms with E-state index in [1.165, 1.54) is 22.7 Å². The van der Waals surface area contributed by atoms with E-state index in [4.69, 9.17) is 11.6 Å². The zero-order valence-corrected chi connectivity index (χ0v) is 13.3. The molecule has 3 rings (SSSR count). The number of benzene rings is 1. The van der Waals surface area contributed by atoms with Crippen molar-refractivity contribution in [2.24, 2.45) is 0 Å². The molecule has 1 N–H and O–H groups in total. The summed E-state index contributed by atoms with van der Waals surface area (Å²) in [7, 11) is 0. The molecule has 0 saturated heterocycles. The molecule has 0 atom stereocenters. The second kappa shape index (κ2) is 5.59. The van der Waals surface area contributed by atoms with E-state index in [0.717, 1.165) is 20.1 Å². The summed E-state index contributed by atoms with van der Waals surface area (Å²) in [5.41, 5.74) is 1.31. The van der Waals surface area contributed by atoms with Crippen LogP contribution in [0.5, 0.6) is 0 Å². The predicted molar refractivity (Wildman–Crippen MR) is 87.7 cm³/mol. The largest absolute Gasteiger partial charge is 0.375 e. The molecule has 0 aliphatic rings. The number of hydrogen-bond acceptors (Lipinski definition) is 6. The van der Waals surface area contributed by atoms with Crippen molar-refractivity contribution in [1.82, 2.24) is 4.98 Å². The van der Waals surface area contributed by atoms with Crippen molar-refractivity contribution in [2.45, 2.75) is 13.5 Å². The zero-order chi connectivity index (χ0) is 15.0. The molecule has 0 fully saturated rings. The van der Waals surface area contributed by atoms with Crippen LogP contribution in [0, 0.1) is 17.0 Å². The van der Waals surface area contributed by atoms with Crippen molar-refractivity contribution in [3.63, 3.8) is 0 Å². The Labute approximate surface area is 133 Å². The van der Waals surface area contributed by atoms with Gasteiger partial charge in [0.2, 0.25) is 0 Å². The highest BCUT2D eigenvalue weighted by molar-refractivity contribution is 7.18. The summed E-state index contributed by atoms with van der Waals surface area (Å²) < 4.78 is 1.52. The van der Waals surface area contributed by atoms with Gasteiger partial charge in [0, 0.05) is 17.5 Å². The number of aryl methyl sites for hydroxylation is 1. The highest BCUT2D eigenvalue weighted by Gasteiger charge is 2.17. The molecule has 2 heterocycles. The molecule has 0 bridgehead atoms. The maximum Gasteiger partial charge on any atom is 0.293 e. The van der Waals surface area contributed by atoms with Crippen molar-refractivity contribution in [3.8, 4) is 0 Å². The van der Waals surface area contributed by atoms with E-state index < -0.39 is 0 Å². The van der Waals surface area contributed by atoms with Crippen LogP contribution in [0.2, 0.25) is 4.34 Å². The second-order valence-corrected chi connectivity index (χ2v) is 7.42. The first-order chi connectivity index (χ1) is 10.0. The van der Waals surface area contributed by atoms with Gasteiger partial charge in [-0.2, -0.15) is 0 Å². The molecule has 21 heavy (non-hydrogen) atoms. The smallest absolute Gasteiger partial charge is 0.293 e. The van der Waals surface area contributed by atoms with Crippen molar-refractivity contribution >= 4 is 55.9 Å². The quantitative estimate of drug-likeness (QED) is 0.545. The average Bonchev–Trinajstić information content (AvgIpc) is 2.99. The standard InChI is InChI=1S/C13H10ClN3O2S2/c1-7-16-10-4-9(11(17(18)19)5-12(10)20-7)15-6-8-2-3-13(14)21-8/h2-5,15H,6H2,1H3. The van der Waals surface area contributed by atoms with Gasteiger partial charge in [-0.1, -0.05) is 11.6 Å². The third kappa shape index (κ3) is 2.99. The fourth-order valence-electron chi connectivity index (χ4n) is 2.00. The average molecular weight is 340 g/mol. The predicted octanol–water partition coefficient (Wildman–Crippen LogP) is 4.84. The summed E-state index contributed by atoms with van der Waals surface area (Å²) in [4.78, 5) is 16.2. The van der Waals surface area contributed by atoms with Gasteiger partial charge >= 0.3 is 0 Å². The molecule has 0 saturated carbocycles. The van der Waals surface area contributed by atoms with Crippen molar-refractivity contribution in [3.05, 3.63) is 48.6 Å². The first-order valence-electron chi connectivity index (χ1n) is 6.06. The summed E-state index contributed by atoms with van der Waals surface area (Å²) in [6, 6.07) is 7.01. The number of aromatic nitrogens is 1. The molecule has 108 valence electrons. The van der Waals surface area contributed by atoms with Gasteiger partial charge in [-0.3, -0.25) is 10.1 Å². The number of halogens is 1. The maximum atomic E-state index is 11.2. The molecule has 0 unspecified atom stereocenters. The minimum Gasteiger partial charge on any atom is -0.375 e. The highest BCUT2D eigenvalue weighted by atomic mass is 35.5. The number of thiophene rings is 1. The van der Waals surface area contributed by atoms with Crippen LogP contribution in [0.15, 0.2) is 24.3 Å². The summed E-state index contributed by atoms with van der Waals surface area (Å²) in [5, 5.41) is 15.2. The summed E-state index contributed by atoms with van der Waals surface area (Å²) in [6.45, 7) is 2.38. The van der Waals surface area contributed by atoms with E-state index in [2.05, 4.69) is 10.3 Å². The van der Waals surface area contributed by atoms with Gasteiger partial charge in [0.15, 0.2) is 0 Å². The normalized spacial score (nSPS) is 11.0. The molecular weight excluding hydrogens is 330 g/mol. The van der Waals surface area contributed by atoms with Crippen molar-refractivity contribution in [1.29, 1.82) is 0 Å². The summed E-state index contributed by atoms with van der Waals surface area (Å²) in [6.07, 6.45) is 0. The van der Waals surface area contributed by atoms with E-state index in [1.54, 1.807) is 12.1 Å². The fourth-order valence-corrected chi connectivity index (χ4v) is 3.87. The van der Waals surface area contributed by atoms with Crippen LogP contribution in [0.1, 0.15) is 9.88 Å². The highest BCUT2D eigenvalue weighted by Crippen LogP contribution is 2.33. The number of nitro groups is 1. The summed E-state index contributed by atoms with van der Waals surface area (Å²) >= 11 is 8.78. The van der Waals surface area contributed by atoms with Crippen molar-refractivity contribution < 1.29 is 4.92 Å². The first-order valence-corrected chi connectivity index (χ1v) is 8.07. The third-order valence-corrected chi connectivity index (χ3v) is 5.06. The van der Waals surface area contributed by atoms with Crippen LogP contribution < -0.4 is 5.32 Å². The Balaban J connectivity index is 1.95. The lowest BCUT2D eigenvalue weighted by molar-refractivity contribution is -0.383. The lowest BCUT2D eigenvalue weighted by atomic mass is 10.2. The van der Waals surface area contributed by atoms with Crippen LogP contribution >= 0.6 is 34.3 Å². The van der Waals surface area contributed by atoms with E-state index in [0.29, 0.717) is 16.6 Å². The molecule has 0 spiro atoms. The minimum atomic E-state index is -0.377. The van der Waals surface area contributed by atoms with Gasteiger partial charge in [-0.25, -0.2) is 4.98 Å². The Bertz CT molecular complexity index is 828. The van der Waals surface area contributed by atoms with E-state index >= 15 is 0 Å². The van der Waals surface area contributed by atoms with Crippen LogP contribution in [0.3, 0.4) is 0 Å². The molecule has 3 aromatic rings. The van der Waals surface area contributed by atoms with Crippen LogP contribution in [-0.2, 0) is 6.54 Å². The van der Waals surface area contributed by atoms with Gasteiger partial charge in [0.25, 0.3) is 5.69 Å². The minimum absolute atomic E-state index is 0.0637. The number of hydrogen-bond donors (Lipinski definition) is 1. The lowest BCUT2D eigenvalue weighted by Gasteiger charge is -2.05. The number of thiazole rings is 1. The molecule has 0 radical (unpaired) electrons. The van der Waals surface area contributed by atoms with E-state index in [9.17, 15) is 10.1 Å². The Kier molecular flexibility index (Phi) is 3.79. The van der Waals surface area contributed by atoms with E-state index in [-0.39, 0.29) is 10.6 Å². The van der Waals surface area contributed by atoms with Gasteiger partial charge in [0.1, 0.15) is 5.69 Å². The second-order valence-electron chi connectivity index (χ2n) is 4.39. The number of nitro benzene ring substituents is 1. The third-order valence-electron chi connectivity index (χ3n) is 2.89. The molecule has 5 nitrogen and oxygen atoms in total. The number of fused-ring (bicyclic) bond motifs is 1. The van der Waals surface area contributed by atoms with Gasteiger partial charge < -0.3 is 5.32 Å². The molecule has 1 aromatic carbocycles. The molecule has 0 aliphatic heterocycles. The fraction of sp³-hybridized carbons (Fsp3) is 0.154. The zero-order valence-electron chi connectivity index (χ0n) is 10.9. The van der Waals surface area contributed by atoms with Crippen LogP contribution in [0.4, 0.5) is 11.4 Å². The number of nitrogens with zero attached hydrogens (tertiary/aromatic N) is 2.